The van der Waals surface area contributed by atoms with Crippen molar-refractivity contribution in [3.8, 4) is 11.5 Å². The van der Waals surface area contributed by atoms with Crippen LogP contribution < -0.4 is 15.6 Å². The number of benzene rings is 3. The molecule has 0 bridgehead atoms. The molecule has 0 aliphatic carbocycles. The number of likely N-dealkylation sites (tertiary alicyclic amines) is 1. The molecule has 1 fully saturated rings. The number of aromatic amines is 1. The third-order valence-corrected chi connectivity index (χ3v) is 9.46. The van der Waals surface area contributed by atoms with Crippen LogP contribution in [-0.2, 0) is 10.2 Å². The van der Waals surface area contributed by atoms with E-state index in [2.05, 4.69) is 26.2 Å². The van der Waals surface area contributed by atoms with Crippen molar-refractivity contribution in [1.29, 1.82) is 0 Å². The number of carboxylic acid groups (broad SMARTS) is 1. The van der Waals surface area contributed by atoms with E-state index in [0.717, 1.165) is 42.3 Å². The van der Waals surface area contributed by atoms with Gasteiger partial charge in [0.2, 0.25) is 5.56 Å². The van der Waals surface area contributed by atoms with Gasteiger partial charge >= 0.3 is 5.97 Å². The molecule has 47 heavy (non-hydrogen) atoms. The molecule has 4 aromatic rings. The number of amides is 1. The maximum Gasteiger partial charge on any atom is 0.314 e. The van der Waals surface area contributed by atoms with Gasteiger partial charge in [-0.1, -0.05) is 47.0 Å². The van der Waals surface area contributed by atoms with Crippen LogP contribution in [-0.4, -0.2) is 69.9 Å². The summed E-state index contributed by atoms with van der Waals surface area (Å²) in [6.45, 7) is 2.41. The number of carbonyl (C=O) groups is 2. The van der Waals surface area contributed by atoms with E-state index in [-0.39, 0.29) is 17.2 Å². The van der Waals surface area contributed by atoms with Crippen LogP contribution in [0.4, 0.5) is 0 Å². The molecule has 3 aromatic carbocycles. The van der Waals surface area contributed by atoms with Gasteiger partial charge in [0.1, 0.15) is 11.5 Å². The number of hydrogen-bond donors (Lipinski definition) is 5. The number of hydrogen-bond acceptors (Lipinski definition) is 7. The smallest absolute Gasteiger partial charge is 0.314 e. The summed E-state index contributed by atoms with van der Waals surface area (Å²) in [6.07, 6.45) is 3.76. The number of piperidine rings is 1. The van der Waals surface area contributed by atoms with Gasteiger partial charge < -0.3 is 35.3 Å². The number of carbonyl (C=O) groups excluding carboxylic acids is 1. The fraction of sp³-hybridized carbons (Fsp3) is 0.361. The first-order valence-corrected chi connectivity index (χ1v) is 16.7. The number of aromatic nitrogens is 1. The topological polar surface area (TPSA) is 152 Å². The van der Waals surface area contributed by atoms with E-state index in [1.54, 1.807) is 41.3 Å². The Kier molecular flexibility index (Phi) is 11.3. The maximum atomic E-state index is 13.2. The lowest BCUT2D eigenvalue weighted by Crippen LogP contribution is -2.49. The minimum Gasteiger partial charge on any atom is -0.506 e. The molecule has 1 amide bonds. The number of phenolic OH excluding ortho intramolecular Hbond substituents is 1. The van der Waals surface area contributed by atoms with Gasteiger partial charge in [-0.15, -0.1) is 0 Å². The molecular weight excluding hydrogens is 666 g/mol. The number of H-pyrrole nitrogens is 1. The number of aliphatic carboxylic acids is 1. The summed E-state index contributed by atoms with van der Waals surface area (Å²) in [4.78, 5) is 41.4. The number of ether oxygens (including phenoxy) is 1. The molecule has 2 heterocycles. The van der Waals surface area contributed by atoms with Crippen molar-refractivity contribution < 1.29 is 29.6 Å². The van der Waals surface area contributed by atoms with Crippen LogP contribution in [0.25, 0.3) is 10.9 Å². The lowest BCUT2D eigenvalue weighted by atomic mass is 9.72. The largest absolute Gasteiger partial charge is 0.506 e. The molecule has 1 saturated heterocycles. The molecule has 1 atom stereocenters. The lowest BCUT2D eigenvalue weighted by molar-refractivity contribution is -0.145. The number of halogens is 1. The third kappa shape index (κ3) is 8.22. The Bertz CT molecular complexity index is 1730. The van der Waals surface area contributed by atoms with E-state index in [1.807, 2.05) is 24.3 Å². The number of pyridine rings is 1. The summed E-state index contributed by atoms with van der Waals surface area (Å²) in [7, 11) is 0. The Labute approximate surface area is 281 Å². The second kappa shape index (κ2) is 15.6. The van der Waals surface area contributed by atoms with Crippen molar-refractivity contribution in [3.05, 3.63) is 104 Å². The quantitative estimate of drug-likeness (QED) is 0.108. The molecule has 248 valence electrons. The Morgan fingerprint density at radius 1 is 0.936 bits per heavy atom. The van der Waals surface area contributed by atoms with Gasteiger partial charge in [0.15, 0.2) is 0 Å². The van der Waals surface area contributed by atoms with Crippen molar-refractivity contribution in [2.45, 2.75) is 50.0 Å². The highest BCUT2D eigenvalue weighted by Crippen LogP contribution is 2.37. The summed E-state index contributed by atoms with van der Waals surface area (Å²) in [5.74, 6) is -0.306. The van der Waals surface area contributed by atoms with Gasteiger partial charge in [-0.3, -0.25) is 14.4 Å². The van der Waals surface area contributed by atoms with Gasteiger partial charge in [0.05, 0.1) is 23.6 Å². The molecule has 0 saturated carbocycles. The number of fused-ring (bicyclic) bond motifs is 1. The Balaban J connectivity index is 0.977. The van der Waals surface area contributed by atoms with E-state index in [1.165, 1.54) is 12.1 Å². The zero-order valence-corrected chi connectivity index (χ0v) is 27.7. The molecule has 0 radical (unpaired) electrons. The van der Waals surface area contributed by atoms with E-state index in [4.69, 9.17) is 4.74 Å². The summed E-state index contributed by atoms with van der Waals surface area (Å²) < 4.78 is 6.77. The number of phenols is 1. The SMILES string of the molecule is O=C(c1ccc(OCCCCCCNCC(O)c2ccc(O)c3[nH]c(=O)ccc23)cc1)N1CCC(C(=O)O)(c2ccc(Br)cc2)CC1. The number of nitrogens with zero attached hydrogens (tertiary/aromatic N) is 1. The lowest BCUT2D eigenvalue weighted by Gasteiger charge is -2.39. The number of unbranched alkanes of at least 4 members (excludes halogenated alkanes) is 3. The van der Waals surface area contributed by atoms with Crippen LogP contribution >= 0.6 is 15.9 Å². The van der Waals surface area contributed by atoms with Crippen molar-refractivity contribution in [2.24, 2.45) is 0 Å². The normalized spacial score (nSPS) is 15.0. The predicted molar refractivity (Wildman–Crippen MR) is 183 cm³/mol. The summed E-state index contributed by atoms with van der Waals surface area (Å²) in [5.41, 5.74) is 0.962. The highest BCUT2D eigenvalue weighted by atomic mass is 79.9. The van der Waals surface area contributed by atoms with Gasteiger partial charge in [-0.2, -0.15) is 0 Å². The fourth-order valence-electron chi connectivity index (χ4n) is 6.16. The molecule has 1 aromatic heterocycles. The van der Waals surface area contributed by atoms with E-state index >= 15 is 0 Å². The first-order valence-electron chi connectivity index (χ1n) is 15.9. The van der Waals surface area contributed by atoms with Gasteiger partial charge in [0, 0.05) is 41.1 Å². The van der Waals surface area contributed by atoms with Crippen LogP contribution in [0.1, 0.15) is 66.1 Å². The van der Waals surface area contributed by atoms with E-state index < -0.39 is 17.5 Å². The minimum atomic E-state index is -0.997. The Morgan fingerprint density at radius 2 is 1.64 bits per heavy atom. The Morgan fingerprint density at radius 3 is 2.34 bits per heavy atom. The second-order valence-electron chi connectivity index (χ2n) is 12.0. The van der Waals surface area contributed by atoms with Crippen molar-refractivity contribution >= 4 is 38.7 Å². The average Bonchev–Trinajstić information content (AvgIpc) is 3.08. The number of carboxylic acids is 1. The van der Waals surface area contributed by atoms with Crippen molar-refractivity contribution in [3.63, 3.8) is 0 Å². The van der Waals surface area contributed by atoms with Crippen molar-refractivity contribution in [2.75, 3.05) is 32.8 Å². The zero-order valence-electron chi connectivity index (χ0n) is 26.1. The van der Waals surface area contributed by atoms with Crippen LogP contribution in [0.3, 0.4) is 0 Å². The number of aliphatic hydroxyl groups excluding tert-OH is 1. The van der Waals surface area contributed by atoms with Crippen LogP contribution in [0, 0.1) is 0 Å². The first-order chi connectivity index (χ1) is 22.7. The monoisotopic (exact) mass is 705 g/mol. The average molecular weight is 707 g/mol. The molecule has 5 rings (SSSR count). The van der Waals surface area contributed by atoms with Crippen LogP contribution in [0.15, 0.2) is 82.1 Å². The van der Waals surface area contributed by atoms with E-state index in [0.29, 0.717) is 66.9 Å². The number of aliphatic hydroxyl groups is 1. The molecule has 1 aliphatic heterocycles. The predicted octanol–water partition coefficient (Wildman–Crippen LogP) is 5.52. The van der Waals surface area contributed by atoms with E-state index in [9.17, 15) is 29.7 Å². The van der Waals surface area contributed by atoms with Crippen LogP contribution in [0.2, 0.25) is 0 Å². The van der Waals surface area contributed by atoms with Gasteiger partial charge in [-0.05, 0) is 91.9 Å². The number of rotatable bonds is 14. The Hall–Kier alpha value is -4.19. The van der Waals surface area contributed by atoms with Crippen molar-refractivity contribution in [1.82, 2.24) is 15.2 Å². The highest BCUT2D eigenvalue weighted by Gasteiger charge is 2.44. The zero-order chi connectivity index (χ0) is 33.4. The summed E-state index contributed by atoms with van der Waals surface area (Å²) in [6, 6.07) is 20.6. The first kappa shape index (κ1) is 34.2. The molecular formula is C36H40BrN3O7. The second-order valence-corrected chi connectivity index (χ2v) is 12.9. The highest BCUT2D eigenvalue weighted by molar-refractivity contribution is 9.10. The molecule has 1 aliphatic rings. The molecule has 5 N–H and O–H groups in total. The fourth-order valence-corrected chi connectivity index (χ4v) is 6.42. The molecule has 0 spiro atoms. The van der Waals surface area contributed by atoms with Crippen LogP contribution in [0.5, 0.6) is 11.5 Å². The minimum absolute atomic E-state index is 0.0318. The number of nitrogens with one attached hydrogen (secondary N) is 2. The third-order valence-electron chi connectivity index (χ3n) is 8.93. The van der Waals surface area contributed by atoms with Gasteiger partial charge in [-0.25, -0.2) is 0 Å². The molecule has 11 heteroatoms. The molecule has 10 nitrogen and oxygen atoms in total. The number of aromatic hydroxyl groups is 1. The van der Waals surface area contributed by atoms with Gasteiger partial charge in [0.25, 0.3) is 5.91 Å². The standard InChI is InChI=1S/C36H40BrN3O7/c37-26-9-7-25(8-10-26)36(35(45)46)17-20-40(21-18-36)34(44)24-5-11-27(12-6-24)47-22-4-2-1-3-19-38-23-31(42)28-13-15-30(41)33-29(28)14-16-32(43)39-33/h5-16,31,38,41-42H,1-4,17-23H2,(H,39,43)(H,45,46). The summed E-state index contributed by atoms with van der Waals surface area (Å²) in [5, 5.41) is 34.7. The summed E-state index contributed by atoms with van der Waals surface area (Å²) >= 11 is 3.40. The maximum absolute atomic E-state index is 13.2. The molecule has 1 unspecified atom stereocenters.